The molecular weight excluding hydrogens is 320 g/mol. The van der Waals surface area contributed by atoms with Crippen LogP contribution < -0.4 is 0 Å². The average Bonchev–Trinajstić information content (AvgIpc) is 3.06. The van der Waals surface area contributed by atoms with Crippen molar-refractivity contribution in [2.75, 3.05) is 26.2 Å². The number of hydrogen-bond donors (Lipinski definition) is 0. The Morgan fingerprint density at radius 3 is 2.24 bits per heavy atom. The van der Waals surface area contributed by atoms with Crippen molar-refractivity contribution in [3.05, 3.63) is 47.7 Å². The Kier molecular flexibility index (Phi) is 5.42. The third-order valence-corrected chi connectivity index (χ3v) is 4.30. The lowest BCUT2D eigenvalue weighted by atomic mass is 10.1. The highest BCUT2D eigenvalue weighted by Gasteiger charge is 2.24. The van der Waals surface area contributed by atoms with Crippen molar-refractivity contribution in [2.24, 2.45) is 0 Å². The van der Waals surface area contributed by atoms with E-state index in [2.05, 4.69) is 10.2 Å². The first-order chi connectivity index (χ1) is 12.1. The molecule has 0 bridgehead atoms. The normalized spacial score (nSPS) is 14.6. The van der Waals surface area contributed by atoms with Gasteiger partial charge in [0.15, 0.2) is 0 Å². The SMILES string of the molecule is Cc1nnc(CCC(=O)N2CCN(C(=O)Cc3ccccc3)CC2)o1. The van der Waals surface area contributed by atoms with Crippen LogP contribution in [0.3, 0.4) is 0 Å². The zero-order valence-corrected chi connectivity index (χ0v) is 14.4. The molecule has 2 heterocycles. The molecule has 1 saturated heterocycles. The number of carbonyl (C=O) groups excluding carboxylic acids is 2. The van der Waals surface area contributed by atoms with Crippen LogP contribution in [0.5, 0.6) is 0 Å². The monoisotopic (exact) mass is 342 g/mol. The highest BCUT2D eigenvalue weighted by Crippen LogP contribution is 2.09. The van der Waals surface area contributed by atoms with Crippen LogP contribution in [0, 0.1) is 6.92 Å². The zero-order chi connectivity index (χ0) is 17.6. The van der Waals surface area contributed by atoms with E-state index in [4.69, 9.17) is 4.42 Å². The van der Waals surface area contributed by atoms with Crippen molar-refractivity contribution < 1.29 is 14.0 Å². The molecule has 2 aromatic rings. The molecule has 0 atom stereocenters. The molecule has 2 amide bonds. The smallest absolute Gasteiger partial charge is 0.227 e. The molecule has 7 heteroatoms. The molecule has 0 spiro atoms. The van der Waals surface area contributed by atoms with Gasteiger partial charge in [0.2, 0.25) is 23.6 Å². The fraction of sp³-hybridized carbons (Fsp3) is 0.444. The quantitative estimate of drug-likeness (QED) is 0.816. The van der Waals surface area contributed by atoms with Crippen molar-refractivity contribution in [1.29, 1.82) is 0 Å². The van der Waals surface area contributed by atoms with Crippen LogP contribution in [0.1, 0.15) is 23.8 Å². The summed E-state index contributed by atoms with van der Waals surface area (Å²) in [7, 11) is 0. The fourth-order valence-corrected chi connectivity index (χ4v) is 2.90. The summed E-state index contributed by atoms with van der Waals surface area (Å²) in [6.07, 6.45) is 1.21. The van der Waals surface area contributed by atoms with Crippen molar-refractivity contribution >= 4 is 11.8 Å². The minimum atomic E-state index is 0.0611. The molecule has 1 aliphatic rings. The Balaban J connectivity index is 1.43. The van der Waals surface area contributed by atoms with Gasteiger partial charge in [-0.15, -0.1) is 10.2 Å². The third kappa shape index (κ3) is 4.65. The van der Waals surface area contributed by atoms with Crippen LogP contribution in [0.15, 0.2) is 34.7 Å². The van der Waals surface area contributed by atoms with Gasteiger partial charge < -0.3 is 14.2 Å². The number of rotatable bonds is 5. The molecule has 1 aliphatic heterocycles. The van der Waals surface area contributed by atoms with Gasteiger partial charge >= 0.3 is 0 Å². The summed E-state index contributed by atoms with van der Waals surface area (Å²) >= 11 is 0. The van der Waals surface area contributed by atoms with Gasteiger partial charge in [0.05, 0.1) is 6.42 Å². The predicted octanol–water partition coefficient (Wildman–Crippen LogP) is 1.22. The van der Waals surface area contributed by atoms with E-state index >= 15 is 0 Å². The van der Waals surface area contributed by atoms with E-state index in [0.717, 1.165) is 5.56 Å². The maximum absolute atomic E-state index is 12.4. The summed E-state index contributed by atoms with van der Waals surface area (Å²) in [4.78, 5) is 28.3. The van der Waals surface area contributed by atoms with Gasteiger partial charge in [-0.1, -0.05) is 30.3 Å². The van der Waals surface area contributed by atoms with E-state index in [9.17, 15) is 9.59 Å². The Morgan fingerprint density at radius 1 is 1.00 bits per heavy atom. The van der Waals surface area contributed by atoms with Gasteiger partial charge in [-0.05, 0) is 5.56 Å². The topological polar surface area (TPSA) is 79.5 Å². The minimum Gasteiger partial charge on any atom is -0.426 e. The first-order valence-corrected chi connectivity index (χ1v) is 8.50. The number of aromatic nitrogens is 2. The molecule has 132 valence electrons. The van der Waals surface area contributed by atoms with E-state index in [1.807, 2.05) is 35.2 Å². The summed E-state index contributed by atoms with van der Waals surface area (Å²) in [6.45, 7) is 4.03. The highest BCUT2D eigenvalue weighted by molar-refractivity contribution is 5.80. The molecular formula is C18H22N4O3. The average molecular weight is 342 g/mol. The van der Waals surface area contributed by atoms with Crippen molar-refractivity contribution in [3.8, 4) is 0 Å². The minimum absolute atomic E-state index is 0.0611. The Labute approximate surface area is 146 Å². The van der Waals surface area contributed by atoms with Crippen molar-refractivity contribution in [3.63, 3.8) is 0 Å². The van der Waals surface area contributed by atoms with E-state index in [1.54, 1.807) is 11.8 Å². The van der Waals surface area contributed by atoms with Gasteiger partial charge in [-0.2, -0.15) is 0 Å². The lowest BCUT2D eigenvalue weighted by Gasteiger charge is -2.35. The molecule has 0 N–H and O–H groups in total. The lowest BCUT2D eigenvalue weighted by molar-refractivity contribution is -0.139. The van der Waals surface area contributed by atoms with Gasteiger partial charge in [0.1, 0.15) is 0 Å². The van der Waals surface area contributed by atoms with Gasteiger partial charge in [-0.3, -0.25) is 9.59 Å². The standard InChI is InChI=1S/C18H22N4O3/c1-14-19-20-16(25-14)7-8-17(23)21-9-11-22(12-10-21)18(24)13-15-5-3-2-4-6-15/h2-6H,7-13H2,1H3. The van der Waals surface area contributed by atoms with Gasteiger partial charge in [0.25, 0.3) is 0 Å². The Hall–Kier alpha value is -2.70. The van der Waals surface area contributed by atoms with Crippen molar-refractivity contribution in [2.45, 2.75) is 26.2 Å². The second kappa shape index (κ2) is 7.92. The lowest BCUT2D eigenvalue weighted by Crippen LogP contribution is -2.51. The molecule has 0 aliphatic carbocycles. The van der Waals surface area contributed by atoms with Gasteiger partial charge in [-0.25, -0.2) is 0 Å². The van der Waals surface area contributed by atoms with E-state index in [0.29, 0.717) is 57.2 Å². The first-order valence-electron chi connectivity index (χ1n) is 8.50. The maximum atomic E-state index is 12.4. The maximum Gasteiger partial charge on any atom is 0.227 e. The first kappa shape index (κ1) is 17.1. The number of amides is 2. The molecule has 25 heavy (non-hydrogen) atoms. The fourth-order valence-electron chi connectivity index (χ4n) is 2.90. The van der Waals surface area contributed by atoms with E-state index in [1.165, 1.54) is 0 Å². The van der Waals surface area contributed by atoms with Crippen LogP contribution in [-0.4, -0.2) is 58.0 Å². The van der Waals surface area contributed by atoms with Crippen LogP contribution in [0.4, 0.5) is 0 Å². The summed E-state index contributed by atoms with van der Waals surface area (Å²) in [5, 5.41) is 7.65. The zero-order valence-electron chi connectivity index (χ0n) is 14.4. The molecule has 0 saturated carbocycles. The third-order valence-electron chi connectivity index (χ3n) is 4.30. The summed E-state index contributed by atoms with van der Waals surface area (Å²) in [6, 6.07) is 9.72. The Bertz CT molecular complexity index is 721. The Morgan fingerprint density at radius 2 is 1.64 bits per heavy atom. The number of hydrogen-bond acceptors (Lipinski definition) is 5. The second-order valence-electron chi connectivity index (χ2n) is 6.14. The molecule has 0 unspecified atom stereocenters. The number of piperazine rings is 1. The highest BCUT2D eigenvalue weighted by atomic mass is 16.4. The van der Waals surface area contributed by atoms with Crippen LogP contribution >= 0.6 is 0 Å². The second-order valence-corrected chi connectivity index (χ2v) is 6.14. The largest absolute Gasteiger partial charge is 0.426 e. The summed E-state index contributed by atoms with van der Waals surface area (Å²) in [5.74, 6) is 1.17. The van der Waals surface area contributed by atoms with Gasteiger partial charge in [0, 0.05) is 45.9 Å². The summed E-state index contributed by atoms with van der Waals surface area (Å²) < 4.78 is 5.28. The molecule has 1 fully saturated rings. The molecule has 1 aromatic carbocycles. The molecule has 1 aromatic heterocycles. The number of carbonyl (C=O) groups is 2. The number of aryl methyl sites for hydroxylation is 2. The van der Waals surface area contributed by atoms with Crippen LogP contribution in [-0.2, 0) is 22.4 Å². The number of benzene rings is 1. The van der Waals surface area contributed by atoms with E-state index < -0.39 is 0 Å². The number of nitrogens with zero attached hydrogens (tertiary/aromatic N) is 4. The van der Waals surface area contributed by atoms with E-state index in [-0.39, 0.29) is 11.8 Å². The predicted molar refractivity (Wildman–Crippen MR) is 90.7 cm³/mol. The van der Waals surface area contributed by atoms with Crippen LogP contribution in [0.25, 0.3) is 0 Å². The molecule has 7 nitrogen and oxygen atoms in total. The molecule has 0 radical (unpaired) electrons. The summed E-state index contributed by atoms with van der Waals surface area (Å²) in [5.41, 5.74) is 1.01. The van der Waals surface area contributed by atoms with Crippen molar-refractivity contribution in [1.82, 2.24) is 20.0 Å². The molecule has 3 rings (SSSR count). The van der Waals surface area contributed by atoms with Crippen LogP contribution in [0.2, 0.25) is 0 Å².